The molecular formula is C14H13Cl2NO3. The summed E-state index contributed by atoms with van der Waals surface area (Å²) in [5, 5.41) is 3.43. The molecule has 1 heterocycles. The van der Waals surface area contributed by atoms with Crippen LogP contribution in [0.15, 0.2) is 34.7 Å². The maximum atomic E-state index is 11.5. The van der Waals surface area contributed by atoms with Crippen LogP contribution in [-0.4, -0.2) is 12.5 Å². The van der Waals surface area contributed by atoms with E-state index < -0.39 is 0 Å². The first-order valence-electron chi connectivity index (χ1n) is 6.05. The Morgan fingerprint density at radius 1 is 1.30 bits per heavy atom. The summed E-state index contributed by atoms with van der Waals surface area (Å²) >= 11 is 11.9. The number of hydrogen-bond acceptors (Lipinski definition) is 3. The topological polar surface area (TPSA) is 51.5 Å². The van der Waals surface area contributed by atoms with Gasteiger partial charge in [-0.1, -0.05) is 29.3 Å². The van der Waals surface area contributed by atoms with E-state index in [-0.39, 0.29) is 18.3 Å². The lowest BCUT2D eigenvalue weighted by Gasteiger charge is -2.07. The number of ether oxygens (including phenoxy) is 1. The summed E-state index contributed by atoms with van der Waals surface area (Å²) in [7, 11) is 0. The van der Waals surface area contributed by atoms with Crippen LogP contribution in [0.4, 0.5) is 0 Å². The number of furan rings is 1. The second kappa shape index (κ2) is 6.68. The van der Waals surface area contributed by atoms with Gasteiger partial charge in [0.1, 0.15) is 23.1 Å². The smallest absolute Gasteiger partial charge is 0.286 e. The highest BCUT2D eigenvalue weighted by Gasteiger charge is 2.11. The molecule has 0 atom stereocenters. The van der Waals surface area contributed by atoms with Crippen LogP contribution in [0.1, 0.15) is 23.2 Å². The molecule has 0 aliphatic carbocycles. The Bertz CT molecular complexity index is 610. The molecule has 2 aromatic rings. The number of halogens is 2. The Kier molecular flexibility index (Phi) is 4.93. The number of carbonyl (C=O) groups is 1. The van der Waals surface area contributed by atoms with Crippen LogP contribution in [0.2, 0.25) is 10.0 Å². The fraction of sp³-hybridized carbons (Fsp3) is 0.214. The molecule has 0 fully saturated rings. The number of amides is 1. The summed E-state index contributed by atoms with van der Waals surface area (Å²) in [4.78, 5) is 11.5. The molecule has 1 amide bonds. The van der Waals surface area contributed by atoms with Crippen molar-refractivity contribution in [3.8, 4) is 5.75 Å². The minimum absolute atomic E-state index is 0.166. The molecule has 0 spiro atoms. The van der Waals surface area contributed by atoms with Gasteiger partial charge in [0.2, 0.25) is 0 Å². The molecule has 4 nitrogen and oxygen atoms in total. The van der Waals surface area contributed by atoms with Crippen molar-refractivity contribution in [1.29, 1.82) is 0 Å². The second-order valence-corrected chi connectivity index (χ2v) is 4.75. The Morgan fingerprint density at radius 3 is 2.85 bits per heavy atom. The average Bonchev–Trinajstić information content (AvgIpc) is 2.90. The van der Waals surface area contributed by atoms with Crippen LogP contribution < -0.4 is 10.1 Å². The molecular weight excluding hydrogens is 301 g/mol. The third-order valence-corrected chi connectivity index (χ3v) is 3.31. The van der Waals surface area contributed by atoms with Gasteiger partial charge >= 0.3 is 0 Å². The Hall–Kier alpha value is -1.65. The molecule has 0 saturated carbocycles. The molecule has 1 N–H and O–H groups in total. The maximum Gasteiger partial charge on any atom is 0.286 e. The summed E-state index contributed by atoms with van der Waals surface area (Å²) in [6.45, 7) is 2.55. The van der Waals surface area contributed by atoms with Crippen LogP contribution in [0.3, 0.4) is 0 Å². The Labute approximate surface area is 126 Å². The van der Waals surface area contributed by atoms with Gasteiger partial charge in [-0.15, -0.1) is 0 Å². The van der Waals surface area contributed by atoms with Gasteiger partial charge in [-0.2, -0.15) is 0 Å². The third kappa shape index (κ3) is 3.46. The Morgan fingerprint density at radius 2 is 2.10 bits per heavy atom. The van der Waals surface area contributed by atoms with E-state index in [0.29, 0.717) is 28.1 Å². The summed E-state index contributed by atoms with van der Waals surface area (Å²) < 4.78 is 10.9. The highest BCUT2D eigenvalue weighted by Crippen LogP contribution is 2.31. The first-order valence-corrected chi connectivity index (χ1v) is 6.81. The van der Waals surface area contributed by atoms with E-state index in [0.717, 1.165) is 0 Å². The second-order valence-electron chi connectivity index (χ2n) is 3.97. The first kappa shape index (κ1) is 14.8. The molecule has 0 unspecified atom stereocenters. The zero-order valence-corrected chi connectivity index (χ0v) is 12.3. The summed E-state index contributed by atoms with van der Waals surface area (Å²) in [6.07, 6.45) is 0. The van der Waals surface area contributed by atoms with Crippen LogP contribution in [0.5, 0.6) is 5.75 Å². The molecule has 1 aromatic carbocycles. The van der Waals surface area contributed by atoms with E-state index in [1.54, 1.807) is 30.3 Å². The number of hydrogen-bond donors (Lipinski definition) is 1. The maximum absolute atomic E-state index is 11.5. The molecule has 6 heteroatoms. The normalized spacial score (nSPS) is 10.3. The van der Waals surface area contributed by atoms with Gasteiger partial charge in [0.05, 0.1) is 5.02 Å². The SMILES string of the molecule is CCNC(=O)c1ccc(COc2cccc(Cl)c2Cl)o1. The van der Waals surface area contributed by atoms with E-state index in [1.165, 1.54) is 0 Å². The van der Waals surface area contributed by atoms with Crippen LogP contribution in [0.25, 0.3) is 0 Å². The quantitative estimate of drug-likeness (QED) is 0.910. The largest absolute Gasteiger partial charge is 0.484 e. The molecule has 20 heavy (non-hydrogen) atoms. The van der Waals surface area contributed by atoms with Crippen molar-refractivity contribution < 1.29 is 13.9 Å². The molecule has 0 aliphatic rings. The van der Waals surface area contributed by atoms with Gasteiger partial charge in [-0.3, -0.25) is 4.79 Å². The fourth-order valence-electron chi connectivity index (χ4n) is 1.57. The number of nitrogens with one attached hydrogen (secondary N) is 1. The molecule has 1 aromatic heterocycles. The lowest BCUT2D eigenvalue weighted by atomic mass is 10.3. The van der Waals surface area contributed by atoms with E-state index in [2.05, 4.69) is 5.32 Å². The monoisotopic (exact) mass is 313 g/mol. The standard InChI is InChI=1S/C14H13Cl2NO3/c1-2-17-14(18)12-7-6-9(20-12)8-19-11-5-3-4-10(15)13(11)16/h3-7H,2,8H2,1H3,(H,17,18). The summed E-state index contributed by atoms with van der Waals surface area (Å²) in [6, 6.07) is 8.41. The summed E-state index contributed by atoms with van der Waals surface area (Å²) in [5.41, 5.74) is 0. The van der Waals surface area contributed by atoms with E-state index >= 15 is 0 Å². The zero-order chi connectivity index (χ0) is 14.5. The van der Waals surface area contributed by atoms with E-state index in [1.807, 2.05) is 6.92 Å². The zero-order valence-electron chi connectivity index (χ0n) is 10.8. The van der Waals surface area contributed by atoms with Crippen molar-refractivity contribution in [3.63, 3.8) is 0 Å². The van der Waals surface area contributed by atoms with Gasteiger partial charge < -0.3 is 14.5 Å². The van der Waals surface area contributed by atoms with Crippen LogP contribution in [0, 0.1) is 0 Å². The predicted molar refractivity (Wildman–Crippen MR) is 77.5 cm³/mol. The molecule has 0 bridgehead atoms. The molecule has 0 saturated heterocycles. The van der Waals surface area contributed by atoms with Crippen LogP contribution >= 0.6 is 23.2 Å². The van der Waals surface area contributed by atoms with Crippen molar-refractivity contribution >= 4 is 29.1 Å². The van der Waals surface area contributed by atoms with Gasteiger partial charge in [0.15, 0.2) is 5.76 Å². The lowest BCUT2D eigenvalue weighted by Crippen LogP contribution is -2.21. The van der Waals surface area contributed by atoms with Crippen molar-refractivity contribution in [2.75, 3.05) is 6.54 Å². The Balaban J connectivity index is 2.01. The number of benzene rings is 1. The fourth-order valence-corrected chi connectivity index (χ4v) is 1.92. The van der Waals surface area contributed by atoms with Gasteiger partial charge in [0.25, 0.3) is 5.91 Å². The molecule has 2 rings (SSSR count). The summed E-state index contributed by atoms with van der Waals surface area (Å²) in [5.74, 6) is 1.000. The number of carbonyl (C=O) groups excluding carboxylic acids is 1. The van der Waals surface area contributed by atoms with Gasteiger partial charge in [0, 0.05) is 6.54 Å². The van der Waals surface area contributed by atoms with Gasteiger partial charge in [-0.05, 0) is 31.2 Å². The van der Waals surface area contributed by atoms with Gasteiger partial charge in [-0.25, -0.2) is 0 Å². The third-order valence-electron chi connectivity index (χ3n) is 2.51. The highest BCUT2D eigenvalue weighted by molar-refractivity contribution is 6.42. The van der Waals surface area contributed by atoms with Crippen molar-refractivity contribution in [1.82, 2.24) is 5.32 Å². The van der Waals surface area contributed by atoms with E-state index in [9.17, 15) is 4.79 Å². The number of rotatable bonds is 5. The van der Waals surface area contributed by atoms with E-state index in [4.69, 9.17) is 32.4 Å². The molecule has 0 aliphatic heterocycles. The molecule has 106 valence electrons. The van der Waals surface area contributed by atoms with Crippen molar-refractivity contribution in [2.24, 2.45) is 0 Å². The minimum Gasteiger partial charge on any atom is -0.484 e. The lowest BCUT2D eigenvalue weighted by molar-refractivity contribution is 0.0924. The predicted octanol–water partition coefficient (Wildman–Crippen LogP) is 3.92. The van der Waals surface area contributed by atoms with Crippen molar-refractivity contribution in [2.45, 2.75) is 13.5 Å². The molecule has 0 radical (unpaired) electrons. The van der Waals surface area contributed by atoms with Crippen LogP contribution in [-0.2, 0) is 6.61 Å². The average molecular weight is 314 g/mol. The highest BCUT2D eigenvalue weighted by atomic mass is 35.5. The minimum atomic E-state index is -0.250. The first-order chi connectivity index (χ1) is 9.61. The van der Waals surface area contributed by atoms with Crippen molar-refractivity contribution in [3.05, 3.63) is 51.9 Å².